The Kier molecular flexibility index (Phi) is 3.98. The van der Waals surface area contributed by atoms with E-state index in [0.717, 1.165) is 43.7 Å². The van der Waals surface area contributed by atoms with Gasteiger partial charge in [0.1, 0.15) is 12.1 Å². The molecule has 0 aromatic carbocycles. The molecule has 3 heterocycles. The van der Waals surface area contributed by atoms with Crippen LogP contribution < -0.4 is 0 Å². The molecule has 2 amide bonds. The standard InChI is InChI=1S/C15H24N2O2S/c1-10(2)13-15(19)16-7-4-3-5-12(16)14(18)17(13)11-6-8-20-9-11/h10-13H,3-9H2,1-2H3. The second-order valence-electron chi connectivity index (χ2n) is 6.49. The molecule has 3 rings (SSSR count). The smallest absolute Gasteiger partial charge is 0.246 e. The monoisotopic (exact) mass is 296 g/mol. The van der Waals surface area contributed by atoms with Crippen LogP contribution >= 0.6 is 11.8 Å². The SMILES string of the molecule is CC(C)C1C(=O)N2CCCCC2C(=O)N1C1CCSC1. The van der Waals surface area contributed by atoms with Crippen molar-refractivity contribution in [2.24, 2.45) is 5.92 Å². The molecule has 0 saturated carbocycles. The van der Waals surface area contributed by atoms with Gasteiger partial charge in [-0.25, -0.2) is 0 Å². The summed E-state index contributed by atoms with van der Waals surface area (Å²) >= 11 is 1.90. The van der Waals surface area contributed by atoms with E-state index in [9.17, 15) is 9.59 Å². The van der Waals surface area contributed by atoms with E-state index < -0.39 is 0 Å². The number of nitrogens with zero attached hydrogens (tertiary/aromatic N) is 2. The van der Waals surface area contributed by atoms with Crippen molar-refractivity contribution in [1.29, 1.82) is 0 Å². The van der Waals surface area contributed by atoms with Crippen molar-refractivity contribution in [2.45, 2.75) is 57.7 Å². The van der Waals surface area contributed by atoms with E-state index in [1.165, 1.54) is 0 Å². The summed E-state index contributed by atoms with van der Waals surface area (Å²) in [7, 11) is 0. The fraction of sp³-hybridized carbons (Fsp3) is 0.867. The zero-order valence-corrected chi connectivity index (χ0v) is 13.2. The molecule has 0 radical (unpaired) electrons. The minimum Gasteiger partial charge on any atom is -0.329 e. The van der Waals surface area contributed by atoms with Gasteiger partial charge in [-0.05, 0) is 37.4 Å². The van der Waals surface area contributed by atoms with E-state index in [4.69, 9.17) is 0 Å². The molecule has 3 atom stereocenters. The van der Waals surface area contributed by atoms with Crippen molar-refractivity contribution >= 4 is 23.6 Å². The van der Waals surface area contributed by atoms with Gasteiger partial charge >= 0.3 is 0 Å². The Hall–Kier alpha value is -0.710. The Balaban J connectivity index is 1.92. The van der Waals surface area contributed by atoms with Crippen molar-refractivity contribution < 1.29 is 9.59 Å². The maximum absolute atomic E-state index is 12.9. The number of carbonyl (C=O) groups excluding carboxylic acids is 2. The number of piperidine rings is 1. The van der Waals surface area contributed by atoms with Gasteiger partial charge in [-0.15, -0.1) is 0 Å². The number of fused-ring (bicyclic) bond motifs is 1. The van der Waals surface area contributed by atoms with Crippen molar-refractivity contribution in [3.8, 4) is 0 Å². The molecule has 3 unspecified atom stereocenters. The van der Waals surface area contributed by atoms with E-state index in [1.807, 2.05) is 21.6 Å². The lowest BCUT2D eigenvalue weighted by atomic mass is 9.89. The Morgan fingerprint density at radius 1 is 1.15 bits per heavy atom. The van der Waals surface area contributed by atoms with Gasteiger partial charge in [-0.2, -0.15) is 11.8 Å². The van der Waals surface area contributed by atoms with Crippen molar-refractivity contribution in [3.05, 3.63) is 0 Å². The molecule has 3 saturated heterocycles. The molecule has 0 N–H and O–H groups in total. The fourth-order valence-corrected chi connectivity index (χ4v) is 5.01. The van der Waals surface area contributed by atoms with Crippen LogP contribution in [0.5, 0.6) is 0 Å². The summed E-state index contributed by atoms with van der Waals surface area (Å²) in [5, 5.41) is 0. The molecule has 0 spiro atoms. The van der Waals surface area contributed by atoms with Crippen LogP contribution in [0.3, 0.4) is 0 Å². The highest BCUT2D eigenvalue weighted by molar-refractivity contribution is 7.99. The molecule has 112 valence electrons. The molecule has 5 heteroatoms. The highest BCUT2D eigenvalue weighted by atomic mass is 32.2. The minimum atomic E-state index is -0.236. The van der Waals surface area contributed by atoms with Crippen LogP contribution in [0.2, 0.25) is 0 Å². The Bertz CT molecular complexity index is 407. The van der Waals surface area contributed by atoms with Crippen molar-refractivity contribution in [3.63, 3.8) is 0 Å². The molecule has 3 aliphatic rings. The van der Waals surface area contributed by atoms with Gasteiger partial charge in [0.2, 0.25) is 11.8 Å². The molecule has 0 aliphatic carbocycles. The van der Waals surface area contributed by atoms with E-state index >= 15 is 0 Å². The molecule has 0 aromatic rings. The normalized spacial score (nSPS) is 34.9. The Morgan fingerprint density at radius 2 is 1.95 bits per heavy atom. The lowest BCUT2D eigenvalue weighted by Gasteiger charge is -2.50. The third-order valence-corrected chi connectivity index (χ3v) is 5.95. The number of hydrogen-bond donors (Lipinski definition) is 0. The minimum absolute atomic E-state index is 0.170. The first-order chi connectivity index (χ1) is 9.61. The first-order valence-electron chi connectivity index (χ1n) is 7.81. The maximum Gasteiger partial charge on any atom is 0.246 e. The van der Waals surface area contributed by atoms with E-state index in [2.05, 4.69) is 13.8 Å². The predicted molar refractivity (Wildman–Crippen MR) is 80.6 cm³/mol. The average molecular weight is 296 g/mol. The molecule has 4 nitrogen and oxygen atoms in total. The number of amides is 2. The Morgan fingerprint density at radius 3 is 2.60 bits per heavy atom. The summed E-state index contributed by atoms with van der Waals surface area (Å²) in [5.74, 6) is 2.72. The summed E-state index contributed by atoms with van der Waals surface area (Å²) in [5.41, 5.74) is 0. The van der Waals surface area contributed by atoms with Crippen LogP contribution in [-0.4, -0.2) is 57.8 Å². The quantitative estimate of drug-likeness (QED) is 0.779. The Labute approximate surface area is 125 Å². The van der Waals surface area contributed by atoms with Gasteiger partial charge in [0.25, 0.3) is 0 Å². The summed E-state index contributed by atoms with van der Waals surface area (Å²) in [6.45, 7) is 4.90. The highest BCUT2D eigenvalue weighted by Crippen LogP contribution is 2.34. The van der Waals surface area contributed by atoms with E-state index in [1.54, 1.807) is 0 Å². The van der Waals surface area contributed by atoms with Crippen LogP contribution in [0.15, 0.2) is 0 Å². The number of piperazine rings is 1. The summed E-state index contributed by atoms with van der Waals surface area (Å²) in [4.78, 5) is 29.6. The highest BCUT2D eigenvalue weighted by Gasteiger charge is 2.49. The van der Waals surface area contributed by atoms with Gasteiger partial charge < -0.3 is 9.80 Å². The molecule has 3 aliphatic heterocycles. The topological polar surface area (TPSA) is 40.6 Å². The van der Waals surface area contributed by atoms with Gasteiger partial charge in [0.05, 0.1) is 0 Å². The fourth-order valence-electron chi connectivity index (χ4n) is 3.81. The number of carbonyl (C=O) groups is 2. The number of hydrogen-bond acceptors (Lipinski definition) is 3. The third-order valence-electron chi connectivity index (χ3n) is 4.81. The maximum atomic E-state index is 12.9. The molecular weight excluding hydrogens is 272 g/mol. The summed E-state index contributed by atoms with van der Waals surface area (Å²) < 4.78 is 0. The van der Waals surface area contributed by atoms with Crippen molar-refractivity contribution in [2.75, 3.05) is 18.1 Å². The lowest BCUT2D eigenvalue weighted by molar-refractivity contribution is -0.168. The number of thioether (sulfide) groups is 1. The third kappa shape index (κ3) is 2.24. The molecule has 0 bridgehead atoms. The average Bonchev–Trinajstić information content (AvgIpc) is 2.96. The van der Waals surface area contributed by atoms with E-state index in [-0.39, 0.29) is 35.9 Å². The summed E-state index contributed by atoms with van der Waals surface area (Å²) in [6.07, 6.45) is 4.00. The molecular formula is C15H24N2O2S. The largest absolute Gasteiger partial charge is 0.329 e. The van der Waals surface area contributed by atoms with Gasteiger partial charge in [-0.3, -0.25) is 9.59 Å². The second-order valence-corrected chi connectivity index (χ2v) is 7.64. The van der Waals surface area contributed by atoms with Gasteiger partial charge in [0, 0.05) is 18.3 Å². The molecule has 20 heavy (non-hydrogen) atoms. The predicted octanol–water partition coefficient (Wildman–Crippen LogP) is 1.74. The first-order valence-corrected chi connectivity index (χ1v) is 8.97. The van der Waals surface area contributed by atoms with Crippen LogP contribution in [0.1, 0.15) is 39.5 Å². The number of rotatable bonds is 2. The van der Waals surface area contributed by atoms with Crippen LogP contribution in [-0.2, 0) is 9.59 Å². The molecule has 0 aromatic heterocycles. The van der Waals surface area contributed by atoms with Gasteiger partial charge in [-0.1, -0.05) is 13.8 Å². The summed E-state index contributed by atoms with van der Waals surface area (Å²) in [6, 6.07) is -0.134. The van der Waals surface area contributed by atoms with Crippen molar-refractivity contribution in [1.82, 2.24) is 9.80 Å². The lowest BCUT2D eigenvalue weighted by Crippen LogP contribution is -2.69. The van der Waals surface area contributed by atoms with Gasteiger partial charge in [0.15, 0.2) is 0 Å². The zero-order chi connectivity index (χ0) is 14.3. The second kappa shape index (κ2) is 5.58. The van der Waals surface area contributed by atoms with Crippen LogP contribution in [0.25, 0.3) is 0 Å². The zero-order valence-electron chi connectivity index (χ0n) is 12.4. The molecule has 3 fully saturated rings. The van der Waals surface area contributed by atoms with Crippen LogP contribution in [0.4, 0.5) is 0 Å². The van der Waals surface area contributed by atoms with Crippen LogP contribution in [0, 0.1) is 5.92 Å². The first kappa shape index (κ1) is 14.2. The van der Waals surface area contributed by atoms with E-state index in [0.29, 0.717) is 0 Å².